The SMILES string of the molecule is CCC(C)C1C(=O)NC(c2ccccc2)CN1C(=O)c1cc(-c2ccc(F)cc2)on1. The summed E-state index contributed by atoms with van der Waals surface area (Å²) >= 11 is 0. The number of carbonyl (C=O) groups is 2. The van der Waals surface area contributed by atoms with E-state index < -0.39 is 6.04 Å². The summed E-state index contributed by atoms with van der Waals surface area (Å²) in [5.74, 6) is -0.556. The molecule has 0 bridgehead atoms. The topological polar surface area (TPSA) is 75.4 Å². The molecule has 2 heterocycles. The minimum absolute atomic E-state index is 0.0239. The third-order valence-electron chi connectivity index (χ3n) is 5.80. The van der Waals surface area contributed by atoms with E-state index in [-0.39, 0.29) is 35.3 Å². The Labute approximate surface area is 180 Å². The molecule has 6 nitrogen and oxygen atoms in total. The summed E-state index contributed by atoms with van der Waals surface area (Å²) in [6.45, 7) is 4.29. The van der Waals surface area contributed by atoms with Gasteiger partial charge in [0.05, 0.1) is 6.04 Å². The van der Waals surface area contributed by atoms with E-state index in [2.05, 4.69) is 10.5 Å². The lowest BCUT2D eigenvalue weighted by Crippen LogP contribution is -2.60. The van der Waals surface area contributed by atoms with Crippen molar-refractivity contribution in [3.63, 3.8) is 0 Å². The highest BCUT2D eigenvalue weighted by Gasteiger charge is 2.41. The van der Waals surface area contributed by atoms with Crippen LogP contribution in [0.5, 0.6) is 0 Å². The molecule has 1 aromatic heterocycles. The molecular weight excluding hydrogens is 397 g/mol. The van der Waals surface area contributed by atoms with E-state index in [9.17, 15) is 14.0 Å². The van der Waals surface area contributed by atoms with Gasteiger partial charge in [0, 0.05) is 18.2 Å². The summed E-state index contributed by atoms with van der Waals surface area (Å²) < 4.78 is 18.5. The Morgan fingerprint density at radius 2 is 1.94 bits per heavy atom. The zero-order valence-corrected chi connectivity index (χ0v) is 17.4. The number of aromatic nitrogens is 1. The molecular formula is C24H24FN3O3. The van der Waals surface area contributed by atoms with Gasteiger partial charge in [-0.2, -0.15) is 0 Å². The van der Waals surface area contributed by atoms with Crippen molar-refractivity contribution in [1.82, 2.24) is 15.4 Å². The first-order valence-electron chi connectivity index (χ1n) is 10.4. The summed E-state index contributed by atoms with van der Waals surface area (Å²) in [5, 5.41) is 7.00. The molecule has 160 valence electrons. The Balaban J connectivity index is 1.64. The number of carbonyl (C=O) groups excluding carboxylic acids is 2. The van der Waals surface area contributed by atoms with E-state index in [4.69, 9.17) is 4.52 Å². The number of rotatable bonds is 5. The molecule has 1 aliphatic heterocycles. The van der Waals surface area contributed by atoms with Gasteiger partial charge in [-0.3, -0.25) is 9.59 Å². The summed E-state index contributed by atoms with van der Waals surface area (Å²) in [4.78, 5) is 28.0. The monoisotopic (exact) mass is 421 g/mol. The van der Waals surface area contributed by atoms with E-state index in [1.807, 2.05) is 44.2 Å². The first-order chi connectivity index (χ1) is 15.0. The molecule has 7 heteroatoms. The van der Waals surface area contributed by atoms with Crippen molar-refractivity contribution in [3.8, 4) is 11.3 Å². The smallest absolute Gasteiger partial charge is 0.276 e. The van der Waals surface area contributed by atoms with Crippen LogP contribution in [0.4, 0.5) is 4.39 Å². The predicted octanol–water partition coefficient (Wildman–Crippen LogP) is 4.21. The summed E-state index contributed by atoms with van der Waals surface area (Å²) in [6.07, 6.45) is 0.748. The number of amides is 2. The van der Waals surface area contributed by atoms with Gasteiger partial charge in [0.15, 0.2) is 11.5 Å². The highest BCUT2D eigenvalue weighted by Crippen LogP contribution is 2.28. The molecule has 1 N–H and O–H groups in total. The summed E-state index contributed by atoms with van der Waals surface area (Å²) in [6, 6.07) is 16.0. The van der Waals surface area contributed by atoms with Crippen LogP contribution in [0.15, 0.2) is 65.2 Å². The maximum Gasteiger partial charge on any atom is 0.276 e. The summed E-state index contributed by atoms with van der Waals surface area (Å²) in [5.41, 5.74) is 1.67. The third kappa shape index (κ3) is 4.21. The fraction of sp³-hybridized carbons (Fsp3) is 0.292. The highest BCUT2D eigenvalue weighted by molar-refractivity contribution is 5.97. The summed E-state index contributed by atoms with van der Waals surface area (Å²) in [7, 11) is 0. The van der Waals surface area contributed by atoms with E-state index in [0.29, 0.717) is 17.9 Å². The van der Waals surface area contributed by atoms with E-state index in [1.54, 1.807) is 17.0 Å². The van der Waals surface area contributed by atoms with E-state index in [0.717, 1.165) is 12.0 Å². The fourth-order valence-corrected chi connectivity index (χ4v) is 3.90. The average Bonchev–Trinajstić information content (AvgIpc) is 3.29. The second-order valence-electron chi connectivity index (χ2n) is 7.84. The van der Waals surface area contributed by atoms with Crippen molar-refractivity contribution in [2.75, 3.05) is 6.54 Å². The molecule has 1 fully saturated rings. The van der Waals surface area contributed by atoms with Gasteiger partial charge in [-0.25, -0.2) is 4.39 Å². The number of nitrogens with one attached hydrogen (secondary N) is 1. The van der Waals surface area contributed by atoms with Crippen LogP contribution < -0.4 is 5.32 Å². The maximum absolute atomic E-state index is 13.4. The largest absolute Gasteiger partial charge is 0.355 e. The van der Waals surface area contributed by atoms with Crippen molar-refractivity contribution in [1.29, 1.82) is 0 Å². The quantitative estimate of drug-likeness (QED) is 0.670. The van der Waals surface area contributed by atoms with Crippen LogP contribution in [0, 0.1) is 11.7 Å². The van der Waals surface area contributed by atoms with Crippen LogP contribution in [0.25, 0.3) is 11.3 Å². The van der Waals surface area contributed by atoms with Gasteiger partial charge < -0.3 is 14.7 Å². The molecule has 3 aromatic rings. The molecule has 2 amide bonds. The molecule has 2 aromatic carbocycles. The average molecular weight is 421 g/mol. The molecule has 0 aliphatic carbocycles. The lowest BCUT2D eigenvalue weighted by molar-refractivity contribution is -0.131. The van der Waals surface area contributed by atoms with Gasteiger partial charge in [0.2, 0.25) is 5.91 Å². The minimum Gasteiger partial charge on any atom is -0.355 e. The Hall–Kier alpha value is -3.48. The van der Waals surface area contributed by atoms with Crippen molar-refractivity contribution < 1.29 is 18.5 Å². The second kappa shape index (κ2) is 8.71. The van der Waals surface area contributed by atoms with Crippen molar-refractivity contribution in [2.24, 2.45) is 5.92 Å². The Bertz CT molecular complexity index is 1070. The molecule has 3 unspecified atom stereocenters. The van der Waals surface area contributed by atoms with Gasteiger partial charge in [-0.15, -0.1) is 0 Å². The van der Waals surface area contributed by atoms with Crippen molar-refractivity contribution >= 4 is 11.8 Å². The normalized spacial score (nSPS) is 19.7. The second-order valence-corrected chi connectivity index (χ2v) is 7.84. The van der Waals surface area contributed by atoms with Gasteiger partial charge in [0.1, 0.15) is 11.9 Å². The maximum atomic E-state index is 13.4. The van der Waals surface area contributed by atoms with E-state index in [1.165, 1.54) is 18.2 Å². The van der Waals surface area contributed by atoms with Crippen LogP contribution >= 0.6 is 0 Å². The van der Waals surface area contributed by atoms with E-state index >= 15 is 0 Å². The number of nitrogens with zero attached hydrogens (tertiary/aromatic N) is 2. The fourth-order valence-electron chi connectivity index (χ4n) is 3.90. The van der Waals surface area contributed by atoms with Crippen LogP contribution in [-0.2, 0) is 4.79 Å². The molecule has 1 aliphatic rings. The van der Waals surface area contributed by atoms with Crippen LogP contribution in [0.1, 0.15) is 42.4 Å². The van der Waals surface area contributed by atoms with Crippen LogP contribution in [0.3, 0.4) is 0 Å². The first kappa shape index (κ1) is 20.8. The Morgan fingerprint density at radius 3 is 2.61 bits per heavy atom. The molecule has 1 saturated heterocycles. The number of hydrogen-bond donors (Lipinski definition) is 1. The van der Waals surface area contributed by atoms with Crippen molar-refractivity contribution in [3.05, 3.63) is 77.7 Å². The van der Waals surface area contributed by atoms with Gasteiger partial charge >= 0.3 is 0 Å². The highest BCUT2D eigenvalue weighted by atomic mass is 19.1. The minimum atomic E-state index is -0.594. The van der Waals surface area contributed by atoms with Crippen LogP contribution in [-0.4, -0.2) is 34.5 Å². The Morgan fingerprint density at radius 1 is 1.23 bits per heavy atom. The molecule has 0 spiro atoms. The first-order valence-corrected chi connectivity index (χ1v) is 10.4. The van der Waals surface area contributed by atoms with Crippen molar-refractivity contribution in [2.45, 2.75) is 32.4 Å². The van der Waals surface area contributed by atoms with Gasteiger partial charge in [-0.05, 0) is 35.7 Å². The molecule has 3 atom stereocenters. The standard InChI is InChI=1S/C24H24FN3O3/c1-3-15(2)22-23(29)26-20(16-7-5-4-6-8-16)14-28(22)24(30)19-13-21(31-27-19)17-9-11-18(25)12-10-17/h4-13,15,20,22H,3,14H2,1-2H3,(H,26,29). The number of benzene rings is 2. The molecule has 4 rings (SSSR count). The molecule has 31 heavy (non-hydrogen) atoms. The lowest BCUT2D eigenvalue weighted by Gasteiger charge is -2.41. The zero-order chi connectivity index (χ0) is 22.0. The number of hydrogen-bond acceptors (Lipinski definition) is 4. The zero-order valence-electron chi connectivity index (χ0n) is 17.4. The molecule has 0 radical (unpaired) electrons. The number of halogens is 1. The van der Waals surface area contributed by atoms with Gasteiger partial charge in [0.25, 0.3) is 5.91 Å². The predicted molar refractivity (Wildman–Crippen MR) is 114 cm³/mol. The molecule has 0 saturated carbocycles. The van der Waals surface area contributed by atoms with Gasteiger partial charge in [-0.1, -0.05) is 55.8 Å². The number of piperazine rings is 1. The lowest BCUT2D eigenvalue weighted by atomic mass is 9.91. The Kier molecular flexibility index (Phi) is 5.84. The third-order valence-corrected chi connectivity index (χ3v) is 5.80. The van der Waals surface area contributed by atoms with Crippen LogP contribution in [0.2, 0.25) is 0 Å².